The fourth-order valence-corrected chi connectivity index (χ4v) is 5.32. The molecule has 2 amide bonds. The number of aryl methyl sites for hydroxylation is 2. The number of hydrogen-bond donors (Lipinski definition) is 1. The summed E-state index contributed by atoms with van der Waals surface area (Å²) in [6.45, 7) is 7.98. The van der Waals surface area contributed by atoms with Crippen molar-refractivity contribution in [3.05, 3.63) is 41.0 Å². The zero-order valence-corrected chi connectivity index (χ0v) is 20.2. The van der Waals surface area contributed by atoms with Crippen molar-refractivity contribution in [2.75, 3.05) is 38.1 Å². The second-order valence-corrected chi connectivity index (χ2v) is 9.77. The summed E-state index contributed by atoms with van der Waals surface area (Å²) in [6, 6.07) is 6.88. The maximum atomic E-state index is 13.1. The minimum absolute atomic E-state index is 0.0188. The molecule has 10 heteroatoms. The summed E-state index contributed by atoms with van der Waals surface area (Å²) in [5.41, 5.74) is 1.13. The minimum Gasteiger partial charge on any atom is -0.485 e. The van der Waals surface area contributed by atoms with E-state index in [0.29, 0.717) is 43.5 Å². The van der Waals surface area contributed by atoms with E-state index in [1.807, 2.05) is 32.0 Å². The van der Waals surface area contributed by atoms with E-state index in [9.17, 15) is 9.59 Å². The van der Waals surface area contributed by atoms with Crippen LogP contribution < -0.4 is 14.8 Å². The number of carbonyl (C=O) groups excluding carboxylic acids is 2. The Morgan fingerprint density at radius 3 is 2.56 bits per heavy atom. The second kappa shape index (κ2) is 9.09. The summed E-state index contributed by atoms with van der Waals surface area (Å²) in [5, 5.41) is 4.25. The van der Waals surface area contributed by atoms with Crippen LogP contribution in [-0.2, 0) is 9.59 Å². The fourth-order valence-electron chi connectivity index (χ4n) is 4.32. The van der Waals surface area contributed by atoms with E-state index in [1.54, 1.807) is 27.2 Å². The first-order valence-corrected chi connectivity index (χ1v) is 12.2. The molecule has 5 rings (SSSR count). The van der Waals surface area contributed by atoms with E-state index >= 15 is 0 Å². The Labute approximate surface area is 201 Å². The highest BCUT2D eigenvalue weighted by molar-refractivity contribution is 7.18. The van der Waals surface area contributed by atoms with E-state index in [4.69, 9.17) is 9.47 Å². The molecule has 2 aliphatic heterocycles. The molecule has 178 valence electrons. The maximum absolute atomic E-state index is 13.1. The number of carbonyl (C=O) groups is 2. The highest BCUT2D eigenvalue weighted by Gasteiger charge is 2.34. The van der Waals surface area contributed by atoms with Gasteiger partial charge in [-0.2, -0.15) is 0 Å². The van der Waals surface area contributed by atoms with Crippen molar-refractivity contribution in [3.8, 4) is 11.5 Å². The molecule has 1 aromatic carbocycles. The Balaban J connectivity index is 1.18. The van der Waals surface area contributed by atoms with Crippen LogP contribution in [0.5, 0.6) is 11.5 Å². The molecule has 34 heavy (non-hydrogen) atoms. The normalized spacial score (nSPS) is 18.6. The van der Waals surface area contributed by atoms with Crippen molar-refractivity contribution in [2.45, 2.75) is 32.9 Å². The van der Waals surface area contributed by atoms with Crippen molar-refractivity contribution in [3.63, 3.8) is 0 Å². The van der Waals surface area contributed by atoms with E-state index in [2.05, 4.69) is 22.2 Å². The lowest BCUT2D eigenvalue weighted by molar-refractivity contribution is -0.146. The molecule has 1 fully saturated rings. The quantitative estimate of drug-likeness (QED) is 0.612. The zero-order valence-electron chi connectivity index (χ0n) is 19.4. The molecular weight excluding hydrogens is 454 g/mol. The smallest absolute Gasteiger partial charge is 0.267 e. The summed E-state index contributed by atoms with van der Waals surface area (Å²) < 4.78 is 11.5. The minimum atomic E-state index is -0.671. The van der Waals surface area contributed by atoms with Gasteiger partial charge in [0, 0.05) is 31.1 Å². The van der Waals surface area contributed by atoms with Gasteiger partial charge < -0.3 is 24.6 Å². The van der Waals surface area contributed by atoms with Crippen LogP contribution in [0, 0.1) is 13.8 Å². The lowest BCUT2D eigenvalue weighted by atomic mass is 10.2. The number of amides is 2. The molecule has 0 saturated carbocycles. The van der Waals surface area contributed by atoms with Crippen LogP contribution in [0.3, 0.4) is 0 Å². The third-order valence-corrected chi connectivity index (χ3v) is 7.49. The lowest BCUT2D eigenvalue weighted by Gasteiger charge is -2.38. The van der Waals surface area contributed by atoms with Crippen LogP contribution in [-0.4, -0.2) is 76.5 Å². The van der Waals surface area contributed by atoms with Crippen molar-refractivity contribution in [1.82, 2.24) is 19.8 Å². The van der Waals surface area contributed by atoms with Crippen molar-refractivity contribution < 1.29 is 19.1 Å². The molecule has 2 atom stereocenters. The van der Waals surface area contributed by atoms with Crippen molar-refractivity contribution in [2.24, 2.45) is 0 Å². The maximum Gasteiger partial charge on any atom is 0.267 e. The van der Waals surface area contributed by atoms with Gasteiger partial charge in [0.2, 0.25) is 12.0 Å². The van der Waals surface area contributed by atoms with Crippen molar-refractivity contribution >= 4 is 39.2 Å². The van der Waals surface area contributed by atoms with Gasteiger partial charge in [-0.3, -0.25) is 9.59 Å². The monoisotopic (exact) mass is 481 g/mol. The molecule has 0 bridgehead atoms. The van der Waals surface area contributed by atoms with Gasteiger partial charge >= 0.3 is 0 Å². The van der Waals surface area contributed by atoms with E-state index < -0.39 is 12.1 Å². The lowest BCUT2D eigenvalue weighted by Crippen LogP contribution is -2.56. The highest BCUT2D eigenvalue weighted by atomic mass is 32.1. The number of fused-ring (bicyclic) bond motifs is 2. The van der Waals surface area contributed by atoms with Crippen LogP contribution in [0.1, 0.15) is 17.4 Å². The molecule has 3 aromatic rings. The number of anilines is 1. The molecule has 1 N–H and O–H groups in total. The number of benzene rings is 1. The molecule has 0 radical (unpaired) electrons. The predicted octanol–water partition coefficient (Wildman–Crippen LogP) is 2.62. The number of piperazine rings is 1. The molecule has 0 aliphatic carbocycles. The number of hydrogen-bond acceptors (Lipinski definition) is 8. The number of thiophene rings is 1. The average Bonchev–Trinajstić information content (AvgIpc) is 3.17. The van der Waals surface area contributed by atoms with Crippen molar-refractivity contribution in [1.29, 1.82) is 0 Å². The fraction of sp³-hybridized carbons (Fsp3) is 0.417. The van der Waals surface area contributed by atoms with E-state index in [-0.39, 0.29) is 18.4 Å². The Morgan fingerprint density at radius 2 is 1.79 bits per heavy atom. The number of ether oxygens (including phenoxy) is 2. The topological polar surface area (TPSA) is 96.9 Å². The van der Waals surface area contributed by atoms with Crippen LogP contribution in [0.4, 0.5) is 5.82 Å². The molecule has 4 heterocycles. The number of para-hydroxylation sites is 2. The average molecular weight is 482 g/mol. The van der Waals surface area contributed by atoms with Crippen LogP contribution >= 0.6 is 11.3 Å². The Morgan fingerprint density at radius 1 is 1.09 bits per heavy atom. The van der Waals surface area contributed by atoms with Crippen LogP contribution in [0.15, 0.2) is 30.6 Å². The molecule has 1 saturated heterocycles. The molecule has 2 aromatic heterocycles. The zero-order chi connectivity index (χ0) is 23.8. The third-order valence-electron chi connectivity index (χ3n) is 6.38. The van der Waals surface area contributed by atoms with E-state index in [0.717, 1.165) is 15.8 Å². The van der Waals surface area contributed by atoms with E-state index in [1.165, 1.54) is 11.2 Å². The van der Waals surface area contributed by atoms with Gasteiger partial charge in [-0.15, -0.1) is 11.3 Å². The van der Waals surface area contributed by atoms with Gasteiger partial charge in [0.05, 0.1) is 5.39 Å². The summed E-state index contributed by atoms with van der Waals surface area (Å²) >= 11 is 1.62. The third kappa shape index (κ3) is 4.13. The van der Waals surface area contributed by atoms with Gasteiger partial charge in [0.15, 0.2) is 11.5 Å². The van der Waals surface area contributed by atoms with Crippen LogP contribution in [0.25, 0.3) is 10.2 Å². The molecule has 0 unspecified atom stereocenters. The summed E-state index contributed by atoms with van der Waals surface area (Å²) in [6.07, 6.45) is 0.854. The molecular formula is C24H27N5O4S. The van der Waals surface area contributed by atoms with Gasteiger partial charge in [0.1, 0.15) is 29.6 Å². The number of nitrogens with zero attached hydrogens (tertiary/aromatic N) is 4. The van der Waals surface area contributed by atoms with Gasteiger partial charge in [0.25, 0.3) is 5.91 Å². The van der Waals surface area contributed by atoms with Crippen LogP contribution in [0.2, 0.25) is 0 Å². The molecule has 9 nitrogen and oxygen atoms in total. The van der Waals surface area contributed by atoms with Gasteiger partial charge in [-0.05, 0) is 38.5 Å². The first-order chi connectivity index (χ1) is 16.4. The summed E-state index contributed by atoms with van der Waals surface area (Å²) in [4.78, 5) is 40.5. The number of nitrogens with one attached hydrogen (secondary N) is 1. The largest absolute Gasteiger partial charge is 0.485 e. The first kappa shape index (κ1) is 22.4. The molecule has 0 spiro atoms. The Hall–Kier alpha value is -3.40. The first-order valence-electron chi connectivity index (χ1n) is 11.4. The number of aromatic nitrogens is 2. The second-order valence-electron chi connectivity index (χ2n) is 8.57. The Bertz CT molecular complexity index is 1240. The summed E-state index contributed by atoms with van der Waals surface area (Å²) in [7, 11) is 0. The summed E-state index contributed by atoms with van der Waals surface area (Å²) in [5.74, 6) is 1.78. The molecule has 2 aliphatic rings. The highest BCUT2D eigenvalue weighted by Crippen LogP contribution is 2.33. The SMILES string of the molecule is Cc1sc2ncnc(N[C@@H](C)C(=O)N3CCN(C(=O)[C@H]4COc5ccccc5O4)CC3)c2c1C. The van der Waals surface area contributed by atoms with Gasteiger partial charge in [-0.1, -0.05) is 12.1 Å². The van der Waals surface area contributed by atoms with Gasteiger partial charge in [-0.25, -0.2) is 9.97 Å². The number of rotatable bonds is 4. The predicted molar refractivity (Wildman–Crippen MR) is 129 cm³/mol. The standard InChI is InChI=1S/C24H27N5O4S/c1-14-16(3)34-22-20(14)21(25-13-26-22)27-15(2)23(30)28-8-10-29(11-9-28)24(31)19-12-32-17-6-4-5-7-18(17)33-19/h4-7,13,15,19H,8-12H2,1-3H3,(H,25,26,27)/t15-,19+/m0/s1. The Kier molecular flexibility index (Phi) is 5.99.